The number of amides is 1. The van der Waals surface area contributed by atoms with Gasteiger partial charge in [-0.05, 0) is 49.2 Å². The van der Waals surface area contributed by atoms with Crippen LogP contribution in [0.3, 0.4) is 0 Å². The molecule has 33 heavy (non-hydrogen) atoms. The van der Waals surface area contributed by atoms with Gasteiger partial charge in [-0.1, -0.05) is 54.1 Å². The van der Waals surface area contributed by atoms with Crippen molar-refractivity contribution in [3.63, 3.8) is 0 Å². The molecule has 0 saturated heterocycles. The second-order valence-electron chi connectivity index (χ2n) is 7.88. The highest BCUT2D eigenvalue weighted by Crippen LogP contribution is 2.28. The Kier molecular flexibility index (Phi) is 5.06. The number of carbonyl (C=O) groups is 1. The van der Waals surface area contributed by atoms with Gasteiger partial charge in [0.1, 0.15) is 16.9 Å². The van der Waals surface area contributed by atoms with Crippen molar-refractivity contribution >= 4 is 45.8 Å². The molecule has 0 saturated carbocycles. The van der Waals surface area contributed by atoms with E-state index in [-0.39, 0.29) is 17.3 Å². The SMILES string of the molecule is Cc1ccc(NC(=O)c2c(N)n(N=Cc3ccccc3C)c3nc4ccccc4nc23)cc1. The van der Waals surface area contributed by atoms with Gasteiger partial charge in [-0.25, -0.2) is 9.97 Å². The maximum absolute atomic E-state index is 13.3. The standard InChI is InChI=1S/C26H22N6O/c1-16-11-13-19(14-12-16)29-26(33)22-23-25(31-21-10-6-5-9-20(21)30-23)32(24(22)27)28-15-18-8-4-3-7-17(18)2/h3-15H,27H2,1-2H3,(H,29,33). The summed E-state index contributed by atoms with van der Waals surface area (Å²) in [6, 6.07) is 22.9. The molecule has 0 spiro atoms. The molecule has 5 aromatic rings. The van der Waals surface area contributed by atoms with Crippen molar-refractivity contribution in [3.8, 4) is 0 Å². The van der Waals surface area contributed by atoms with E-state index in [2.05, 4.69) is 10.4 Å². The summed E-state index contributed by atoms with van der Waals surface area (Å²) in [5, 5.41) is 7.49. The first-order valence-electron chi connectivity index (χ1n) is 10.6. The normalized spacial score (nSPS) is 11.5. The molecule has 0 aliphatic carbocycles. The zero-order valence-electron chi connectivity index (χ0n) is 18.3. The summed E-state index contributed by atoms with van der Waals surface area (Å²) in [6.45, 7) is 4.00. The van der Waals surface area contributed by atoms with E-state index in [0.717, 1.165) is 16.7 Å². The van der Waals surface area contributed by atoms with E-state index in [1.165, 1.54) is 4.68 Å². The molecule has 3 N–H and O–H groups in total. The second-order valence-corrected chi connectivity index (χ2v) is 7.88. The molecular weight excluding hydrogens is 412 g/mol. The highest BCUT2D eigenvalue weighted by atomic mass is 16.1. The zero-order valence-corrected chi connectivity index (χ0v) is 18.3. The summed E-state index contributed by atoms with van der Waals surface area (Å²) in [4.78, 5) is 22.7. The van der Waals surface area contributed by atoms with Gasteiger partial charge in [0, 0.05) is 5.69 Å². The first-order chi connectivity index (χ1) is 16.0. The quantitative estimate of drug-likeness (QED) is 0.392. The number of benzene rings is 3. The number of rotatable bonds is 4. The lowest BCUT2D eigenvalue weighted by molar-refractivity contribution is 0.102. The Morgan fingerprint density at radius 3 is 2.33 bits per heavy atom. The van der Waals surface area contributed by atoms with Crippen LogP contribution in [0.4, 0.5) is 11.5 Å². The molecule has 5 rings (SSSR count). The first kappa shape index (κ1) is 20.4. The average molecular weight is 435 g/mol. The third kappa shape index (κ3) is 3.80. The third-order valence-corrected chi connectivity index (χ3v) is 5.51. The fraction of sp³-hybridized carbons (Fsp3) is 0.0769. The predicted molar refractivity (Wildman–Crippen MR) is 133 cm³/mol. The van der Waals surface area contributed by atoms with Gasteiger partial charge in [-0.3, -0.25) is 4.79 Å². The molecule has 0 aliphatic rings. The van der Waals surface area contributed by atoms with Crippen LogP contribution in [0.1, 0.15) is 27.0 Å². The summed E-state index contributed by atoms with van der Waals surface area (Å²) in [7, 11) is 0. The number of nitrogens with zero attached hydrogens (tertiary/aromatic N) is 4. The number of nitrogens with one attached hydrogen (secondary N) is 1. The number of aryl methyl sites for hydroxylation is 2. The molecule has 3 aromatic carbocycles. The number of para-hydroxylation sites is 2. The molecule has 2 aromatic heterocycles. The second kappa shape index (κ2) is 8.20. The van der Waals surface area contributed by atoms with Crippen LogP contribution in [0.15, 0.2) is 77.9 Å². The van der Waals surface area contributed by atoms with Crippen molar-refractivity contribution in [1.82, 2.24) is 14.6 Å². The van der Waals surface area contributed by atoms with Crippen LogP contribution in [0, 0.1) is 13.8 Å². The summed E-state index contributed by atoms with van der Waals surface area (Å²) >= 11 is 0. The largest absolute Gasteiger partial charge is 0.383 e. The summed E-state index contributed by atoms with van der Waals surface area (Å²) < 4.78 is 1.48. The minimum Gasteiger partial charge on any atom is -0.383 e. The Hall–Kier alpha value is -4.52. The number of nitrogens with two attached hydrogens (primary N) is 1. The smallest absolute Gasteiger partial charge is 0.261 e. The molecule has 2 heterocycles. The molecule has 7 nitrogen and oxygen atoms in total. The van der Waals surface area contributed by atoms with Crippen LogP contribution in [-0.4, -0.2) is 26.8 Å². The van der Waals surface area contributed by atoms with Crippen LogP contribution >= 0.6 is 0 Å². The summed E-state index contributed by atoms with van der Waals surface area (Å²) in [5.41, 5.74) is 12.7. The van der Waals surface area contributed by atoms with Crippen LogP contribution in [0.25, 0.3) is 22.2 Å². The van der Waals surface area contributed by atoms with E-state index in [1.807, 2.05) is 86.6 Å². The summed E-state index contributed by atoms with van der Waals surface area (Å²) in [5.74, 6) is -0.189. The van der Waals surface area contributed by atoms with Gasteiger partial charge < -0.3 is 11.1 Å². The predicted octanol–water partition coefficient (Wildman–Crippen LogP) is 4.92. The van der Waals surface area contributed by atoms with Crippen LogP contribution in [0.5, 0.6) is 0 Å². The van der Waals surface area contributed by atoms with E-state index in [4.69, 9.17) is 15.7 Å². The molecule has 0 atom stereocenters. The Balaban J connectivity index is 1.67. The van der Waals surface area contributed by atoms with Gasteiger partial charge >= 0.3 is 0 Å². The Morgan fingerprint density at radius 2 is 1.61 bits per heavy atom. The van der Waals surface area contributed by atoms with Gasteiger partial charge in [0.15, 0.2) is 5.65 Å². The van der Waals surface area contributed by atoms with Gasteiger partial charge in [0.2, 0.25) is 0 Å². The lowest BCUT2D eigenvalue weighted by Crippen LogP contribution is -2.14. The lowest BCUT2D eigenvalue weighted by atomic mass is 10.1. The molecule has 0 unspecified atom stereocenters. The molecule has 0 fully saturated rings. The van der Waals surface area contributed by atoms with Crippen molar-refractivity contribution in [1.29, 1.82) is 0 Å². The van der Waals surface area contributed by atoms with Gasteiger partial charge in [0.25, 0.3) is 5.91 Å². The molecular formula is C26H22N6O. The van der Waals surface area contributed by atoms with Crippen LogP contribution in [0.2, 0.25) is 0 Å². The fourth-order valence-corrected chi connectivity index (χ4v) is 3.67. The Labute approximate surface area is 190 Å². The lowest BCUT2D eigenvalue weighted by Gasteiger charge is -2.06. The van der Waals surface area contributed by atoms with E-state index in [1.54, 1.807) is 6.21 Å². The minimum atomic E-state index is -0.365. The maximum Gasteiger partial charge on any atom is 0.261 e. The van der Waals surface area contributed by atoms with Crippen LogP contribution < -0.4 is 11.1 Å². The van der Waals surface area contributed by atoms with E-state index in [9.17, 15) is 4.79 Å². The molecule has 1 amide bonds. The van der Waals surface area contributed by atoms with Crippen molar-refractivity contribution < 1.29 is 4.79 Å². The maximum atomic E-state index is 13.3. The van der Waals surface area contributed by atoms with E-state index >= 15 is 0 Å². The van der Waals surface area contributed by atoms with Crippen LogP contribution in [-0.2, 0) is 0 Å². The number of anilines is 2. The highest BCUT2D eigenvalue weighted by Gasteiger charge is 2.24. The molecule has 0 bridgehead atoms. The fourth-order valence-electron chi connectivity index (χ4n) is 3.67. The van der Waals surface area contributed by atoms with E-state index < -0.39 is 0 Å². The van der Waals surface area contributed by atoms with Crippen molar-refractivity contribution in [2.45, 2.75) is 13.8 Å². The number of fused-ring (bicyclic) bond motifs is 2. The van der Waals surface area contributed by atoms with Crippen molar-refractivity contribution in [3.05, 3.63) is 95.1 Å². The Bertz CT molecular complexity index is 1530. The van der Waals surface area contributed by atoms with E-state index in [0.29, 0.717) is 27.9 Å². The molecule has 162 valence electrons. The monoisotopic (exact) mass is 434 g/mol. The van der Waals surface area contributed by atoms with Crippen molar-refractivity contribution in [2.24, 2.45) is 5.10 Å². The molecule has 7 heteroatoms. The number of hydrogen-bond acceptors (Lipinski definition) is 5. The molecule has 0 aliphatic heterocycles. The minimum absolute atomic E-state index is 0.176. The zero-order chi connectivity index (χ0) is 22.9. The number of nitrogen functional groups attached to an aromatic ring is 1. The van der Waals surface area contributed by atoms with Crippen molar-refractivity contribution in [2.75, 3.05) is 11.1 Å². The van der Waals surface area contributed by atoms with Gasteiger partial charge in [0.05, 0.1) is 17.2 Å². The number of hydrogen-bond donors (Lipinski definition) is 2. The molecule has 0 radical (unpaired) electrons. The average Bonchev–Trinajstić information content (AvgIpc) is 3.08. The van der Waals surface area contributed by atoms with Gasteiger partial charge in [-0.15, -0.1) is 0 Å². The highest BCUT2D eigenvalue weighted by molar-refractivity contribution is 6.16. The first-order valence-corrected chi connectivity index (χ1v) is 10.6. The Morgan fingerprint density at radius 1 is 0.939 bits per heavy atom. The number of carbonyl (C=O) groups excluding carboxylic acids is 1. The van der Waals surface area contributed by atoms with Gasteiger partial charge in [-0.2, -0.15) is 9.78 Å². The third-order valence-electron chi connectivity index (χ3n) is 5.51. The summed E-state index contributed by atoms with van der Waals surface area (Å²) in [6.07, 6.45) is 1.71. The number of aromatic nitrogens is 3. The topological polar surface area (TPSA) is 98.2 Å².